The molecule has 0 amide bonds. The first-order valence-electron chi connectivity index (χ1n) is 2.75. The molecule has 10 heavy (non-hydrogen) atoms. The Morgan fingerprint density at radius 2 is 2.60 bits per heavy atom. The maximum absolute atomic E-state index is 5.00. The van der Waals surface area contributed by atoms with Gasteiger partial charge in [0.2, 0.25) is 0 Å². The fourth-order valence-electron chi connectivity index (χ4n) is 0.622. The number of aliphatic imine (C=N–C) groups is 2. The van der Waals surface area contributed by atoms with Gasteiger partial charge in [-0.1, -0.05) is 0 Å². The van der Waals surface area contributed by atoms with Crippen molar-refractivity contribution in [1.29, 1.82) is 0 Å². The molecule has 1 rings (SSSR count). The SMILES string of the molecule is COC1C=NC=N/C1=N\N. The number of ether oxygens (including phenoxy) is 1. The minimum absolute atomic E-state index is 0.296. The van der Waals surface area contributed by atoms with E-state index in [-0.39, 0.29) is 6.10 Å². The molecule has 54 valence electrons. The Morgan fingerprint density at radius 3 is 3.10 bits per heavy atom. The summed E-state index contributed by atoms with van der Waals surface area (Å²) in [4.78, 5) is 7.53. The third-order valence-corrected chi connectivity index (χ3v) is 1.12. The van der Waals surface area contributed by atoms with Crippen molar-refractivity contribution < 1.29 is 4.74 Å². The van der Waals surface area contributed by atoms with Crippen molar-refractivity contribution in [2.24, 2.45) is 20.9 Å². The van der Waals surface area contributed by atoms with Crippen LogP contribution in [0.15, 0.2) is 15.1 Å². The second kappa shape index (κ2) is 3.07. The van der Waals surface area contributed by atoms with Crippen LogP contribution < -0.4 is 5.84 Å². The van der Waals surface area contributed by atoms with Crippen LogP contribution in [-0.2, 0) is 4.74 Å². The predicted octanol–water partition coefficient (Wildman–Crippen LogP) is -0.614. The zero-order valence-electron chi connectivity index (χ0n) is 5.56. The van der Waals surface area contributed by atoms with Gasteiger partial charge in [0.25, 0.3) is 0 Å². The summed E-state index contributed by atoms with van der Waals surface area (Å²) in [6.07, 6.45) is 2.66. The Morgan fingerprint density at radius 1 is 1.80 bits per heavy atom. The largest absolute Gasteiger partial charge is 0.368 e. The first kappa shape index (κ1) is 6.88. The van der Waals surface area contributed by atoms with Crippen molar-refractivity contribution in [3.8, 4) is 0 Å². The first-order chi connectivity index (χ1) is 4.88. The summed E-state index contributed by atoms with van der Waals surface area (Å²) in [6.45, 7) is 0. The topological polar surface area (TPSA) is 72.3 Å². The molecular weight excluding hydrogens is 132 g/mol. The van der Waals surface area contributed by atoms with Crippen LogP contribution in [0, 0.1) is 0 Å². The molecule has 0 spiro atoms. The molecule has 0 aromatic rings. The van der Waals surface area contributed by atoms with Crippen molar-refractivity contribution in [2.75, 3.05) is 7.11 Å². The molecule has 2 N–H and O–H groups in total. The van der Waals surface area contributed by atoms with Crippen molar-refractivity contribution in [1.82, 2.24) is 0 Å². The second-order valence-electron chi connectivity index (χ2n) is 1.69. The van der Waals surface area contributed by atoms with Crippen molar-refractivity contribution in [3.63, 3.8) is 0 Å². The molecule has 5 nitrogen and oxygen atoms in total. The second-order valence-corrected chi connectivity index (χ2v) is 1.69. The number of hydrazone groups is 1. The molecule has 0 aromatic carbocycles. The highest BCUT2D eigenvalue weighted by molar-refractivity contribution is 6.07. The summed E-state index contributed by atoms with van der Waals surface area (Å²) >= 11 is 0. The molecule has 0 aromatic heterocycles. The molecular formula is C5H8N4O. The Hall–Kier alpha value is -1.23. The molecule has 0 bridgehead atoms. The number of hydrogen-bond acceptors (Lipinski definition) is 4. The van der Waals surface area contributed by atoms with E-state index >= 15 is 0 Å². The molecule has 0 saturated heterocycles. The van der Waals surface area contributed by atoms with Crippen molar-refractivity contribution >= 4 is 18.4 Å². The van der Waals surface area contributed by atoms with Gasteiger partial charge >= 0.3 is 0 Å². The van der Waals surface area contributed by atoms with Gasteiger partial charge in [-0.2, -0.15) is 5.10 Å². The minimum Gasteiger partial charge on any atom is -0.368 e. The first-order valence-corrected chi connectivity index (χ1v) is 2.75. The number of methoxy groups -OCH3 is 1. The number of nitrogens with two attached hydrogens (primary N) is 1. The van der Waals surface area contributed by atoms with E-state index in [4.69, 9.17) is 10.6 Å². The van der Waals surface area contributed by atoms with E-state index in [9.17, 15) is 0 Å². The third-order valence-electron chi connectivity index (χ3n) is 1.12. The average Bonchev–Trinajstić information content (AvgIpc) is 2.04. The van der Waals surface area contributed by atoms with Crippen LogP contribution in [0.2, 0.25) is 0 Å². The summed E-state index contributed by atoms with van der Waals surface area (Å²) < 4.78 is 4.92. The third kappa shape index (κ3) is 1.19. The molecule has 1 aliphatic heterocycles. The lowest BCUT2D eigenvalue weighted by molar-refractivity contribution is 0.206. The van der Waals surface area contributed by atoms with Crippen LogP contribution in [0.5, 0.6) is 0 Å². The standard InChI is InChI=1S/C5H8N4O/c1-10-4-2-7-3-8-5(4)9-6/h2-4H,6H2,1H3/b9-5-. The Balaban J connectivity index is 2.74. The summed E-state index contributed by atoms with van der Waals surface area (Å²) in [5.41, 5.74) is 0. The van der Waals surface area contributed by atoms with E-state index in [1.54, 1.807) is 13.3 Å². The van der Waals surface area contributed by atoms with Gasteiger partial charge in [-0.15, -0.1) is 0 Å². The highest BCUT2D eigenvalue weighted by Crippen LogP contribution is 1.95. The van der Waals surface area contributed by atoms with Crippen LogP contribution in [-0.4, -0.2) is 31.6 Å². The Labute approximate surface area is 58.3 Å². The fourth-order valence-corrected chi connectivity index (χ4v) is 0.622. The zero-order chi connectivity index (χ0) is 7.40. The highest BCUT2D eigenvalue weighted by atomic mass is 16.5. The van der Waals surface area contributed by atoms with Gasteiger partial charge in [0, 0.05) is 13.3 Å². The van der Waals surface area contributed by atoms with Crippen LogP contribution in [0.3, 0.4) is 0 Å². The van der Waals surface area contributed by atoms with Gasteiger partial charge in [-0.25, -0.2) is 9.98 Å². The molecule has 1 unspecified atom stereocenters. The van der Waals surface area contributed by atoms with Gasteiger partial charge in [-0.3, -0.25) is 0 Å². The normalized spacial score (nSPS) is 27.7. The quantitative estimate of drug-likeness (QED) is 0.389. The summed E-state index contributed by atoms with van der Waals surface area (Å²) in [5.74, 6) is 5.44. The van der Waals surface area contributed by atoms with E-state index in [2.05, 4.69) is 15.1 Å². The van der Waals surface area contributed by atoms with E-state index in [0.717, 1.165) is 0 Å². The smallest absolute Gasteiger partial charge is 0.183 e. The maximum atomic E-state index is 5.00. The molecule has 1 heterocycles. The lowest BCUT2D eigenvalue weighted by atomic mass is 10.3. The van der Waals surface area contributed by atoms with E-state index in [0.29, 0.717) is 5.84 Å². The van der Waals surface area contributed by atoms with E-state index in [1.165, 1.54) is 6.34 Å². The Bertz CT molecular complexity index is 196. The average molecular weight is 140 g/mol. The van der Waals surface area contributed by atoms with Gasteiger partial charge in [0.15, 0.2) is 11.9 Å². The number of hydrogen-bond donors (Lipinski definition) is 1. The lowest BCUT2D eigenvalue weighted by Crippen LogP contribution is -2.26. The van der Waals surface area contributed by atoms with E-state index < -0.39 is 0 Å². The van der Waals surface area contributed by atoms with Crippen LogP contribution in [0.1, 0.15) is 0 Å². The zero-order valence-corrected chi connectivity index (χ0v) is 5.56. The summed E-state index contributed by atoms with van der Waals surface area (Å²) in [6, 6.07) is 0. The molecule has 0 fully saturated rings. The molecule has 0 aliphatic carbocycles. The molecule has 1 aliphatic rings. The predicted molar refractivity (Wildman–Crippen MR) is 39.4 cm³/mol. The van der Waals surface area contributed by atoms with Crippen LogP contribution in [0.25, 0.3) is 0 Å². The molecule has 0 saturated carbocycles. The minimum atomic E-state index is -0.296. The maximum Gasteiger partial charge on any atom is 0.183 e. The fraction of sp³-hybridized carbons (Fsp3) is 0.400. The Kier molecular flexibility index (Phi) is 2.11. The van der Waals surface area contributed by atoms with Gasteiger partial charge in [-0.05, 0) is 0 Å². The van der Waals surface area contributed by atoms with Crippen molar-refractivity contribution in [2.45, 2.75) is 6.10 Å². The lowest BCUT2D eigenvalue weighted by Gasteiger charge is -2.09. The summed E-state index contributed by atoms with van der Waals surface area (Å²) in [7, 11) is 1.54. The number of nitrogens with zero attached hydrogens (tertiary/aromatic N) is 3. The van der Waals surface area contributed by atoms with Crippen LogP contribution in [0.4, 0.5) is 0 Å². The van der Waals surface area contributed by atoms with Crippen LogP contribution >= 0.6 is 0 Å². The monoisotopic (exact) mass is 140 g/mol. The van der Waals surface area contributed by atoms with Gasteiger partial charge in [0.05, 0.1) is 0 Å². The number of amidine groups is 1. The van der Waals surface area contributed by atoms with Gasteiger partial charge in [0.1, 0.15) is 6.34 Å². The van der Waals surface area contributed by atoms with E-state index in [1.807, 2.05) is 0 Å². The highest BCUT2D eigenvalue weighted by Gasteiger charge is 2.13. The molecule has 0 radical (unpaired) electrons. The summed E-state index contributed by atoms with van der Waals surface area (Å²) in [5, 5.41) is 3.40. The molecule has 1 atom stereocenters. The van der Waals surface area contributed by atoms with Gasteiger partial charge < -0.3 is 10.6 Å². The molecule has 5 heteroatoms. The number of rotatable bonds is 1. The van der Waals surface area contributed by atoms with Crippen molar-refractivity contribution in [3.05, 3.63) is 0 Å².